The number of pyridine rings is 1. The second kappa shape index (κ2) is 9.27. The molecule has 1 fully saturated rings. The van der Waals surface area contributed by atoms with Crippen molar-refractivity contribution in [1.29, 1.82) is 0 Å². The molecule has 1 aliphatic rings. The van der Waals surface area contributed by atoms with Crippen LogP contribution in [0, 0.1) is 34.6 Å². The average Bonchev–Trinajstić information content (AvgIpc) is 3.22. The normalized spacial score (nSPS) is 18.3. The highest BCUT2D eigenvalue weighted by Gasteiger charge is 2.41. The summed E-state index contributed by atoms with van der Waals surface area (Å²) in [5.41, 5.74) is 9.99. The number of thiocarbonyl (C=S) groups is 1. The summed E-state index contributed by atoms with van der Waals surface area (Å²) < 4.78 is 2.42. The quantitative estimate of drug-likeness (QED) is 0.526. The van der Waals surface area contributed by atoms with E-state index in [-0.39, 0.29) is 12.1 Å². The van der Waals surface area contributed by atoms with E-state index < -0.39 is 0 Å². The Morgan fingerprint density at radius 3 is 2.33 bits per heavy atom. The molecule has 0 radical (unpaired) electrons. The van der Waals surface area contributed by atoms with E-state index in [1.54, 1.807) is 0 Å². The molecule has 0 aliphatic carbocycles. The lowest BCUT2D eigenvalue weighted by Crippen LogP contribution is -2.35. The second-order valence-electron chi connectivity index (χ2n) is 9.53. The molecule has 3 heterocycles. The van der Waals surface area contributed by atoms with Crippen LogP contribution in [0.2, 0.25) is 0 Å². The Bertz CT molecular complexity index is 1140. The largest absolute Gasteiger partial charge is 0.352 e. The van der Waals surface area contributed by atoms with E-state index in [0.717, 1.165) is 23.9 Å². The summed E-state index contributed by atoms with van der Waals surface area (Å²) in [6.07, 6.45) is 1.86. The van der Waals surface area contributed by atoms with Crippen LogP contribution in [0.15, 0.2) is 42.6 Å². The summed E-state index contributed by atoms with van der Waals surface area (Å²) in [6, 6.07) is 13.1. The fraction of sp³-hybridized carbons (Fsp3) is 0.407. The molecular weight excluding hydrogens is 426 g/mol. The molecule has 2 aromatic heterocycles. The number of likely N-dealkylation sites (N-methyl/N-ethyl adjacent to an activating group) is 1. The zero-order valence-corrected chi connectivity index (χ0v) is 21.6. The van der Waals surface area contributed by atoms with Gasteiger partial charge in [-0.2, -0.15) is 0 Å². The van der Waals surface area contributed by atoms with E-state index in [4.69, 9.17) is 12.2 Å². The van der Waals surface area contributed by atoms with Crippen molar-refractivity contribution in [3.63, 3.8) is 0 Å². The standard InChI is InChI=1S/C27H35N5S/c1-17-14-18(2)25(19(3)15-17)32-20(4)16-22(21(32)5)26-24(23-10-8-9-11-28-23)29-27(33)31(26)13-12-30(6)7/h8-11,14-16,24,26H,12-13H2,1-7H3,(H,29,33)/t24-,26+/m0/s1. The first kappa shape index (κ1) is 23.5. The van der Waals surface area contributed by atoms with Gasteiger partial charge in [0.2, 0.25) is 0 Å². The highest BCUT2D eigenvalue weighted by atomic mass is 32.1. The zero-order chi connectivity index (χ0) is 23.9. The lowest BCUT2D eigenvalue weighted by atomic mass is 9.96. The SMILES string of the molecule is Cc1cc(C)c(-n2c(C)cc([C@@H]3[C@H](c4ccccn4)NC(=S)N3CCN(C)C)c2C)c(C)c1. The molecule has 5 nitrogen and oxygen atoms in total. The number of aryl methyl sites for hydroxylation is 4. The Morgan fingerprint density at radius 2 is 1.73 bits per heavy atom. The van der Waals surface area contributed by atoms with E-state index in [2.05, 4.69) is 104 Å². The molecule has 0 spiro atoms. The number of nitrogens with one attached hydrogen (secondary N) is 1. The van der Waals surface area contributed by atoms with Gasteiger partial charge < -0.3 is 19.7 Å². The molecule has 0 saturated carbocycles. The summed E-state index contributed by atoms with van der Waals surface area (Å²) in [4.78, 5) is 9.24. The second-order valence-corrected chi connectivity index (χ2v) is 9.92. The third-order valence-corrected chi connectivity index (χ3v) is 6.99. The first-order valence-corrected chi connectivity index (χ1v) is 12.0. The van der Waals surface area contributed by atoms with Crippen molar-refractivity contribution in [3.8, 4) is 5.69 Å². The minimum absolute atomic E-state index is 0.00928. The average molecular weight is 462 g/mol. The van der Waals surface area contributed by atoms with Crippen LogP contribution in [-0.4, -0.2) is 51.6 Å². The van der Waals surface area contributed by atoms with E-state index in [1.165, 1.54) is 39.3 Å². The first-order chi connectivity index (χ1) is 15.7. The molecule has 0 bridgehead atoms. The third-order valence-electron chi connectivity index (χ3n) is 6.63. The van der Waals surface area contributed by atoms with Crippen LogP contribution in [0.4, 0.5) is 0 Å². The molecular formula is C27H35N5S. The zero-order valence-electron chi connectivity index (χ0n) is 20.8. The number of hydrogen-bond acceptors (Lipinski definition) is 3. The molecule has 0 unspecified atom stereocenters. The maximum Gasteiger partial charge on any atom is 0.170 e. The minimum Gasteiger partial charge on any atom is -0.352 e. The molecule has 0 amide bonds. The van der Waals surface area contributed by atoms with Crippen molar-refractivity contribution in [2.24, 2.45) is 0 Å². The van der Waals surface area contributed by atoms with E-state index >= 15 is 0 Å². The van der Waals surface area contributed by atoms with Crippen LogP contribution in [-0.2, 0) is 0 Å². The topological polar surface area (TPSA) is 36.3 Å². The van der Waals surface area contributed by atoms with Crippen molar-refractivity contribution < 1.29 is 0 Å². The van der Waals surface area contributed by atoms with Gasteiger partial charge in [-0.25, -0.2) is 0 Å². The number of nitrogens with zero attached hydrogens (tertiary/aromatic N) is 4. The third kappa shape index (κ3) is 4.42. The number of benzene rings is 1. The maximum atomic E-state index is 5.84. The molecule has 174 valence electrons. The van der Waals surface area contributed by atoms with Crippen molar-refractivity contribution in [3.05, 3.63) is 81.9 Å². The van der Waals surface area contributed by atoms with Crippen molar-refractivity contribution in [2.45, 2.75) is 46.7 Å². The van der Waals surface area contributed by atoms with Crippen molar-refractivity contribution in [2.75, 3.05) is 27.2 Å². The van der Waals surface area contributed by atoms with Crippen LogP contribution in [0.25, 0.3) is 5.69 Å². The van der Waals surface area contributed by atoms with Crippen LogP contribution in [0.3, 0.4) is 0 Å². The van der Waals surface area contributed by atoms with Gasteiger partial charge >= 0.3 is 0 Å². The van der Waals surface area contributed by atoms with Crippen LogP contribution >= 0.6 is 12.2 Å². The molecule has 1 aromatic carbocycles. The van der Waals surface area contributed by atoms with Crippen molar-refractivity contribution in [1.82, 2.24) is 24.7 Å². The van der Waals surface area contributed by atoms with Gasteiger partial charge in [-0.15, -0.1) is 0 Å². The highest BCUT2D eigenvalue weighted by molar-refractivity contribution is 7.80. The van der Waals surface area contributed by atoms with Gasteiger partial charge in [0.15, 0.2) is 5.11 Å². The van der Waals surface area contributed by atoms with Gasteiger partial charge in [-0.1, -0.05) is 23.8 Å². The summed E-state index contributed by atoms with van der Waals surface area (Å²) in [5.74, 6) is 0. The van der Waals surface area contributed by atoms with Gasteiger partial charge in [-0.05, 0) is 95.8 Å². The molecule has 33 heavy (non-hydrogen) atoms. The minimum atomic E-state index is 0.00928. The summed E-state index contributed by atoms with van der Waals surface area (Å²) in [7, 11) is 4.21. The van der Waals surface area contributed by atoms with Crippen molar-refractivity contribution >= 4 is 17.3 Å². The summed E-state index contributed by atoms with van der Waals surface area (Å²) in [5, 5.41) is 4.38. The van der Waals surface area contributed by atoms with Crippen LogP contribution in [0.5, 0.6) is 0 Å². The smallest absolute Gasteiger partial charge is 0.170 e. The lowest BCUT2D eigenvalue weighted by molar-refractivity contribution is 0.277. The van der Waals surface area contributed by atoms with E-state index in [1.807, 2.05) is 12.3 Å². The Hall–Kier alpha value is -2.70. The Labute approximate surface area is 203 Å². The monoisotopic (exact) mass is 461 g/mol. The first-order valence-electron chi connectivity index (χ1n) is 11.6. The van der Waals surface area contributed by atoms with Gasteiger partial charge in [0, 0.05) is 30.7 Å². The lowest BCUT2D eigenvalue weighted by Gasteiger charge is -2.29. The predicted molar refractivity (Wildman–Crippen MR) is 140 cm³/mol. The van der Waals surface area contributed by atoms with Gasteiger partial charge in [0.05, 0.1) is 23.5 Å². The Morgan fingerprint density at radius 1 is 1.03 bits per heavy atom. The molecule has 4 rings (SSSR count). The Balaban J connectivity index is 1.85. The molecule has 1 aliphatic heterocycles. The number of hydrogen-bond donors (Lipinski definition) is 1. The molecule has 1 saturated heterocycles. The highest BCUT2D eigenvalue weighted by Crippen LogP contribution is 2.41. The summed E-state index contributed by atoms with van der Waals surface area (Å²) >= 11 is 5.84. The molecule has 2 atom stereocenters. The predicted octanol–water partition coefficient (Wildman–Crippen LogP) is 4.95. The van der Waals surface area contributed by atoms with E-state index in [9.17, 15) is 0 Å². The number of rotatable bonds is 6. The fourth-order valence-corrected chi connectivity index (χ4v) is 5.58. The van der Waals surface area contributed by atoms with Gasteiger partial charge in [0.1, 0.15) is 0 Å². The number of aromatic nitrogens is 2. The van der Waals surface area contributed by atoms with Crippen LogP contribution in [0.1, 0.15) is 51.4 Å². The van der Waals surface area contributed by atoms with Gasteiger partial charge in [-0.3, -0.25) is 4.98 Å². The maximum absolute atomic E-state index is 5.84. The molecule has 1 N–H and O–H groups in total. The Kier molecular flexibility index (Phi) is 6.59. The molecule has 6 heteroatoms. The molecule has 3 aromatic rings. The fourth-order valence-electron chi connectivity index (χ4n) is 5.25. The summed E-state index contributed by atoms with van der Waals surface area (Å²) in [6.45, 7) is 12.8. The van der Waals surface area contributed by atoms with Gasteiger partial charge in [0.25, 0.3) is 0 Å². The van der Waals surface area contributed by atoms with Crippen LogP contribution < -0.4 is 5.32 Å². The van der Waals surface area contributed by atoms with E-state index in [0.29, 0.717) is 0 Å².